The third kappa shape index (κ3) is 11.8. The first-order chi connectivity index (χ1) is 34.7. The fraction of sp³-hybridized carbons (Fsp3) is 0.263. The highest BCUT2D eigenvalue weighted by atomic mass is 35.5. The molecule has 0 unspecified atom stereocenters. The number of halogens is 1. The van der Waals surface area contributed by atoms with Gasteiger partial charge in [0.15, 0.2) is 0 Å². The molecule has 6 aromatic rings. The van der Waals surface area contributed by atoms with Gasteiger partial charge in [-0.05, 0) is 111 Å². The Labute approximate surface area is 434 Å². The van der Waals surface area contributed by atoms with Crippen molar-refractivity contribution in [3.8, 4) is 17.6 Å². The summed E-state index contributed by atoms with van der Waals surface area (Å²) in [4.78, 5) is 59.7. The summed E-state index contributed by atoms with van der Waals surface area (Å²) < 4.78 is 33.7. The van der Waals surface area contributed by atoms with E-state index in [4.69, 9.17) is 45.8 Å². The lowest BCUT2D eigenvalue weighted by atomic mass is 9.91. The number of pyridine rings is 3. The highest BCUT2D eigenvalue weighted by Gasteiger charge is 2.45. The van der Waals surface area contributed by atoms with E-state index in [1.807, 2.05) is 135 Å². The first-order valence-corrected chi connectivity index (χ1v) is 23.8. The minimum Gasteiger partial charge on any atom is -0.449 e. The number of nitrogens with two attached hydrogens (primary N) is 1. The van der Waals surface area contributed by atoms with Gasteiger partial charge in [-0.25, -0.2) is 29.3 Å². The second kappa shape index (κ2) is 21.0. The monoisotopic (exact) mass is 1020 g/mol. The molecule has 3 aromatic carbocycles. The van der Waals surface area contributed by atoms with Crippen molar-refractivity contribution in [2.24, 2.45) is 0 Å². The number of cyclic esters (lactones) is 3. The lowest BCUT2D eigenvalue weighted by Crippen LogP contribution is -2.22. The van der Waals surface area contributed by atoms with E-state index in [0.717, 1.165) is 50.7 Å². The SMILES string of the molecule is Cc1ccc(C2=C(Oc3cc(C)c(Cl)cn3)C(=O)OC2(C)C)cc1.Cc1ccc(C2=C(Oc3cc(C)c(N)cn3)C(=O)OC2(C)C)cc1.Cc1ccc(C2=C(Oc3cc(C)c([N+](=O)[O-])cn3)C(=O)OC2(C)C)cc1. The molecule has 3 aromatic heterocycles. The van der Waals surface area contributed by atoms with Crippen LogP contribution in [0.5, 0.6) is 17.6 Å². The highest BCUT2D eigenvalue weighted by molar-refractivity contribution is 6.31. The van der Waals surface area contributed by atoms with Crippen molar-refractivity contribution < 1.29 is 47.7 Å². The Morgan fingerprint density at radius 1 is 0.500 bits per heavy atom. The second-order valence-electron chi connectivity index (χ2n) is 19.4. The summed E-state index contributed by atoms with van der Waals surface area (Å²) in [5.74, 6) is -0.483. The fourth-order valence-corrected chi connectivity index (χ4v) is 8.34. The molecular weight excluding hydrogens is 966 g/mol. The highest BCUT2D eigenvalue weighted by Crippen LogP contribution is 2.43. The summed E-state index contributed by atoms with van der Waals surface area (Å²) in [5.41, 5.74) is 13.9. The van der Waals surface area contributed by atoms with Gasteiger partial charge >= 0.3 is 17.9 Å². The van der Waals surface area contributed by atoms with Crippen LogP contribution in [0.4, 0.5) is 11.4 Å². The van der Waals surface area contributed by atoms with Crippen molar-refractivity contribution >= 4 is 57.6 Å². The number of esters is 3. The van der Waals surface area contributed by atoms with Gasteiger partial charge in [-0.15, -0.1) is 0 Å². The van der Waals surface area contributed by atoms with Crippen LogP contribution in [0.1, 0.15) is 91.6 Å². The summed E-state index contributed by atoms with van der Waals surface area (Å²) in [6.45, 7) is 22.2. The Kier molecular flexibility index (Phi) is 15.2. The molecular formula is C57H56ClN5O11. The fourth-order valence-electron chi connectivity index (χ4n) is 8.24. The molecule has 17 heteroatoms. The van der Waals surface area contributed by atoms with Gasteiger partial charge < -0.3 is 34.2 Å². The van der Waals surface area contributed by atoms with Gasteiger partial charge in [0, 0.05) is 30.0 Å². The maximum absolute atomic E-state index is 12.4. The van der Waals surface area contributed by atoms with Crippen molar-refractivity contribution in [2.75, 3.05) is 5.73 Å². The Morgan fingerprint density at radius 3 is 1.12 bits per heavy atom. The van der Waals surface area contributed by atoms with E-state index in [1.165, 1.54) is 18.5 Å². The lowest BCUT2D eigenvalue weighted by Gasteiger charge is -2.21. The van der Waals surface area contributed by atoms with Gasteiger partial charge in [-0.2, -0.15) is 0 Å². The van der Waals surface area contributed by atoms with E-state index in [2.05, 4.69) is 15.0 Å². The van der Waals surface area contributed by atoms with Crippen LogP contribution in [0.2, 0.25) is 5.02 Å². The number of nitrogens with zero attached hydrogens (tertiary/aromatic N) is 4. The number of hydrogen-bond donors (Lipinski definition) is 1. The molecule has 0 saturated heterocycles. The van der Waals surface area contributed by atoms with Crippen LogP contribution >= 0.6 is 11.6 Å². The average Bonchev–Trinajstić information content (AvgIpc) is 3.80. The maximum Gasteiger partial charge on any atom is 0.375 e. The molecule has 3 aliphatic rings. The molecule has 0 saturated carbocycles. The van der Waals surface area contributed by atoms with Gasteiger partial charge in [-0.3, -0.25) is 10.1 Å². The average molecular weight is 1020 g/mol. The number of ether oxygens (including phenoxy) is 6. The predicted molar refractivity (Wildman–Crippen MR) is 280 cm³/mol. The summed E-state index contributed by atoms with van der Waals surface area (Å²) >= 11 is 5.99. The van der Waals surface area contributed by atoms with Gasteiger partial charge in [-0.1, -0.05) is 101 Å². The number of rotatable bonds is 10. The standard InChI is InChI=1S/C19H18ClNO3.C19H18N2O5.C19H20N2O3/c1-11-5-7-13(8-6-11)16-17(18(22)24-19(16,3)4)23-15-9-12(2)14(20)10-21-15;1-11-5-7-13(8-6-11)16-17(18(22)26-19(16,3)4)25-15-9-12(2)14(10-20-15)21(23)24;1-11-5-7-13(8-6-11)16-17(18(22)24-19(16,3)4)23-15-9-12(2)14(20)10-21-15/h5-10H,1-4H3;5-10H,1-4H3;5-10H,20H2,1-4H3. The van der Waals surface area contributed by atoms with Gasteiger partial charge in [0.25, 0.3) is 5.69 Å². The van der Waals surface area contributed by atoms with Crippen molar-refractivity contribution in [1.82, 2.24) is 15.0 Å². The number of carbonyl (C=O) groups excluding carboxylic acids is 3. The normalized spacial score (nSPS) is 16.1. The first kappa shape index (κ1) is 53.4. The van der Waals surface area contributed by atoms with Gasteiger partial charge in [0.05, 0.1) is 38.5 Å². The minimum atomic E-state index is -0.864. The number of aryl methyl sites for hydroxylation is 6. The largest absolute Gasteiger partial charge is 0.449 e. The predicted octanol–water partition coefficient (Wildman–Crippen LogP) is 11.6. The van der Waals surface area contributed by atoms with Crippen LogP contribution in [0, 0.1) is 51.7 Å². The Bertz CT molecular complexity index is 3160. The Balaban J connectivity index is 0.000000162. The molecule has 0 atom stereocenters. The summed E-state index contributed by atoms with van der Waals surface area (Å²) in [6, 6.07) is 28.3. The van der Waals surface area contributed by atoms with E-state index in [9.17, 15) is 24.5 Å². The van der Waals surface area contributed by atoms with E-state index in [0.29, 0.717) is 44.8 Å². The molecule has 0 amide bonds. The Morgan fingerprint density at radius 2 is 0.811 bits per heavy atom. The van der Waals surface area contributed by atoms with Crippen LogP contribution in [0.15, 0.2) is 127 Å². The molecule has 0 bridgehead atoms. The second-order valence-corrected chi connectivity index (χ2v) is 19.8. The van der Waals surface area contributed by atoms with E-state index < -0.39 is 39.6 Å². The summed E-state index contributed by atoms with van der Waals surface area (Å²) in [5, 5.41) is 11.5. The Hall–Kier alpha value is -8.37. The molecule has 382 valence electrons. The van der Waals surface area contributed by atoms with Crippen LogP contribution < -0.4 is 19.9 Å². The quantitative estimate of drug-likeness (QED) is 0.0584. The van der Waals surface area contributed by atoms with Crippen LogP contribution in [0.25, 0.3) is 16.7 Å². The number of anilines is 1. The van der Waals surface area contributed by atoms with Crippen LogP contribution in [-0.4, -0.2) is 54.6 Å². The zero-order valence-corrected chi connectivity index (χ0v) is 43.9. The number of benzene rings is 3. The van der Waals surface area contributed by atoms with Crippen molar-refractivity contribution in [3.05, 3.63) is 192 Å². The van der Waals surface area contributed by atoms with Crippen molar-refractivity contribution in [1.29, 1.82) is 0 Å². The molecule has 16 nitrogen and oxygen atoms in total. The first-order valence-electron chi connectivity index (χ1n) is 23.4. The number of nitro groups is 1. The van der Waals surface area contributed by atoms with E-state index in [1.54, 1.807) is 32.9 Å². The minimum absolute atomic E-state index is 0.0413. The molecule has 2 N–H and O–H groups in total. The molecule has 3 aliphatic heterocycles. The summed E-state index contributed by atoms with van der Waals surface area (Å²) in [6.07, 6.45) is 4.13. The molecule has 74 heavy (non-hydrogen) atoms. The number of carbonyl (C=O) groups is 3. The zero-order valence-electron chi connectivity index (χ0n) is 43.1. The third-order valence-electron chi connectivity index (χ3n) is 12.1. The third-order valence-corrected chi connectivity index (χ3v) is 12.5. The molecule has 6 heterocycles. The lowest BCUT2D eigenvalue weighted by molar-refractivity contribution is -0.385. The zero-order chi connectivity index (χ0) is 54.0. The van der Waals surface area contributed by atoms with Gasteiger partial charge in [0.2, 0.25) is 34.9 Å². The topological polar surface area (TPSA) is 214 Å². The van der Waals surface area contributed by atoms with Crippen LogP contribution in [0.3, 0.4) is 0 Å². The number of hydrogen-bond acceptors (Lipinski definition) is 15. The molecule has 0 spiro atoms. The van der Waals surface area contributed by atoms with Crippen LogP contribution in [-0.2, 0) is 28.6 Å². The number of nitrogen functional groups attached to an aromatic ring is 1. The summed E-state index contributed by atoms with van der Waals surface area (Å²) in [7, 11) is 0. The van der Waals surface area contributed by atoms with E-state index >= 15 is 0 Å². The molecule has 9 rings (SSSR count). The van der Waals surface area contributed by atoms with Crippen molar-refractivity contribution in [2.45, 2.75) is 99.9 Å². The molecule has 0 fully saturated rings. The molecule has 0 radical (unpaired) electrons. The maximum atomic E-state index is 12.4. The van der Waals surface area contributed by atoms with Crippen molar-refractivity contribution in [3.63, 3.8) is 0 Å². The van der Waals surface area contributed by atoms with Gasteiger partial charge in [0.1, 0.15) is 23.0 Å². The molecule has 0 aliphatic carbocycles. The smallest absolute Gasteiger partial charge is 0.375 e. The van der Waals surface area contributed by atoms with E-state index in [-0.39, 0.29) is 28.8 Å². The number of aromatic nitrogens is 3.